The molecular weight excluding hydrogens is 533 g/mol. The van der Waals surface area contributed by atoms with E-state index >= 15 is 0 Å². The van der Waals surface area contributed by atoms with E-state index in [0.29, 0.717) is 6.07 Å². The molecule has 1 aliphatic rings. The van der Waals surface area contributed by atoms with Crippen molar-refractivity contribution in [1.29, 1.82) is 0 Å². The maximum atomic E-state index is 13.9. The highest BCUT2D eigenvalue weighted by Gasteiger charge is 2.36. The third-order valence-corrected chi connectivity index (χ3v) is 8.15. The molecule has 4 rings (SSSR count). The Labute approximate surface area is 215 Å². The fourth-order valence-corrected chi connectivity index (χ4v) is 5.83. The number of nitrogens with zero attached hydrogens (tertiary/aromatic N) is 2. The first kappa shape index (κ1) is 27.5. The van der Waals surface area contributed by atoms with E-state index < -0.39 is 45.2 Å². The van der Waals surface area contributed by atoms with Crippen LogP contribution in [0.2, 0.25) is 0 Å². The van der Waals surface area contributed by atoms with Crippen LogP contribution in [-0.4, -0.2) is 36.9 Å². The molecule has 0 spiro atoms. The van der Waals surface area contributed by atoms with Crippen LogP contribution >= 0.6 is 0 Å². The van der Waals surface area contributed by atoms with E-state index in [1.807, 2.05) is 0 Å². The van der Waals surface area contributed by atoms with Gasteiger partial charge >= 0.3 is 6.18 Å². The van der Waals surface area contributed by atoms with Gasteiger partial charge in [-0.3, -0.25) is 4.79 Å². The Kier molecular flexibility index (Phi) is 7.70. The van der Waals surface area contributed by atoms with Crippen molar-refractivity contribution >= 4 is 33.8 Å². The van der Waals surface area contributed by atoms with Crippen LogP contribution in [0.4, 0.5) is 27.6 Å². The van der Waals surface area contributed by atoms with Crippen molar-refractivity contribution in [2.75, 3.05) is 18.4 Å². The summed E-state index contributed by atoms with van der Waals surface area (Å²) in [6.07, 6.45) is -1.82. The number of amides is 1. The first-order chi connectivity index (χ1) is 17.9. The SMILES string of the molecule is Cc1noc(/C=C/c2ccc(F)cc2F)c1S(=O)(=O)N1CCC(C(=O)Nc2cccc(C(F)(F)F)c2)CC1. The number of rotatable bonds is 6. The second-order valence-electron chi connectivity index (χ2n) is 8.71. The standard InChI is InChI=1S/C25H22F5N3O4S/c1-15-23(22(37-32-15)8-6-16-5-7-19(26)14-21(16)27)38(35,36)33-11-9-17(10-12-33)24(34)31-20-4-2-3-18(13-20)25(28,29)30/h2-8,13-14,17H,9-12H2,1H3,(H,31,34)/b8-6+. The van der Waals surface area contributed by atoms with Gasteiger partial charge in [0.1, 0.15) is 17.3 Å². The van der Waals surface area contributed by atoms with Crippen LogP contribution in [0.25, 0.3) is 12.2 Å². The van der Waals surface area contributed by atoms with Gasteiger partial charge in [0.2, 0.25) is 15.9 Å². The minimum atomic E-state index is -4.55. The van der Waals surface area contributed by atoms with Gasteiger partial charge in [0, 0.05) is 36.3 Å². The van der Waals surface area contributed by atoms with Gasteiger partial charge in [-0.1, -0.05) is 11.2 Å². The number of piperidine rings is 1. The van der Waals surface area contributed by atoms with Crippen LogP contribution in [0.15, 0.2) is 51.9 Å². The Morgan fingerprint density at radius 1 is 1.11 bits per heavy atom. The zero-order valence-electron chi connectivity index (χ0n) is 19.9. The monoisotopic (exact) mass is 555 g/mol. The van der Waals surface area contributed by atoms with Crippen molar-refractivity contribution in [2.24, 2.45) is 5.92 Å². The second kappa shape index (κ2) is 10.7. The Morgan fingerprint density at radius 2 is 1.82 bits per heavy atom. The van der Waals surface area contributed by atoms with Crippen LogP contribution in [0.1, 0.15) is 35.4 Å². The summed E-state index contributed by atoms with van der Waals surface area (Å²) < 4.78 is 98.9. The fourth-order valence-electron chi connectivity index (χ4n) is 4.11. The van der Waals surface area contributed by atoms with Gasteiger partial charge in [-0.05, 0) is 62.2 Å². The van der Waals surface area contributed by atoms with E-state index in [1.165, 1.54) is 37.3 Å². The van der Waals surface area contributed by atoms with Crippen molar-refractivity contribution < 1.29 is 39.7 Å². The number of hydrogen-bond donors (Lipinski definition) is 1. The highest BCUT2D eigenvalue weighted by atomic mass is 32.2. The van der Waals surface area contributed by atoms with Crippen molar-refractivity contribution in [3.05, 3.63) is 76.7 Å². The van der Waals surface area contributed by atoms with Crippen molar-refractivity contribution in [1.82, 2.24) is 9.46 Å². The van der Waals surface area contributed by atoms with Crippen molar-refractivity contribution in [3.8, 4) is 0 Å². The van der Waals surface area contributed by atoms with Gasteiger partial charge in [-0.25, -0.2) is 17.2 Å². The maximum Gasteiger partial charge on any atom is 0.416 e. The molecule has 0 aliphatic carbocycles. The number of hydrogen-bond acceptors (Lipinski definition) is 5. The molecule has 2 heterocycles. The number of aryl methyl sites for hydroxylation is 1. The Balaban J connectivity index is 1.44. The molecular formula is C25H22F5N3O4S. The quantitative estimate of drug-likeness (QED) is 0.406. The number of nitrogens with one attached hydrogen (secondary N) is 1. The second-order valence-corrected chi connectivity index (χ2v) is 10.6. The molecule has 1 aromatic heterocycles. The third-order valence-electron chi connectivity index (χ3n) is 6.09. The Morgan fingerprint density at radius 3 is 2.47 bits per heavy atom. The van der Waals surface area contributed by atoms with Crippen LogP contribution in [0.5, 0.6) is 0 Å². The molecule has 1 N–H and O–H groups in total. The number of alkyl halides is 3. The summed E-state index contributed by atoms with van der Waals surface area (Å²) in [5.74, 6) is -2.86. The molecule has 13 heteroatoms. The van der Waals surface area contributed by atoms with Gasteiger partial charge in [0.05, 0.1) is 5.56 Å². The lowest BCUT2D eigenvalue weighted by Crippen LogP contribution is -2.41. The predicted molar refractivity (Wildman–Crippen MR) is 128 cm³/mol. The van der Waals surface area contributed by atoms with E-state index in [2.05, 4.69) is 10.5 Å². The average Bonchev–Trinajstić information content (AvgIpc) is 3.24. The zero-order chi connectivity index (χ0) is 27.7. The highest BCUT2D eigenvalue weighted by molar-refractivity contribution is 7.89. The summed E-state index contributed by atoms with van der Waals surface area (Å²) in [6.45, 7) is 1.38. The molecule has 1 fully saturated rings. The van der Waals surface area contributed by atoms with Gasteiger partial charge in [0.25, 0.3) is 0 Å². The molecule has 3 aromatic rings. The van der Waals surface area contributed by atoms with Crippen LogP contribution < -0.4 is 5.32 Å². The van der Waals surface area contributed by atoms with E-state index in [1.54, 1.807) is 0 Å². The third kappa shape index (κ3) is 5.94. The van der Waals surface area contributed by atoms with Crippen LogP contribution in [0, 0.1) is 24.5 Å². The van der Waals surface area contributed by atoms with E-state index in [0.717, 1.165) is 22.5 Å². The zero-order valence-corrected chi connectivity index (χ0v) is 20.7. The summed E-state index contributed by atoms with van der Waals surface area (Å²) in [6, 6.07) is 7.19. The smallest absolute Gasteiger partial charge is 0.355 e. The molecule has 2 aromatic carbocycles. The number of sulfonamides is 1. The fraction of sp³-hybridized carbons (Fsp3) is 0.280. The molecule has 1 saturated heterocycles. The number of benzene rings is 2. The molecule has 1 amide bonds. The number of carbonyl (C=O) groups is 1. The topological polar surface area (TPSA) is 92.5 Å². The molecule has 1 aliphatic heterocycles. The lowest BCUT2D eigenvalue weighted by Gasteiger charge is -2.30. The predicted octanol–water partition coefficient (Wildman–Crippen LogP) is 5.49. The number of anilines is 1. The Hall–Kier alpha value is -3.58. The van der Waals surface area contributed by atoms with Crippen molar-refractivity contribution in [2.45, 2.75) is 30.8 Å². The number of aromatic nitrogens is 1. The van der Waals surface area contributed by atoms with Gasteiger partial charge in [-0.2, -0.15) is 17.5 Å². The maximum absolute atomic E-state index is 13.9. The minimum Gasteiger partial charge on any atom is -0.355 e. The summed E-state index contributed by atoms with van der Waals surface area (Å²) >= 11 is 0. The molecule has 0 unspecified atom stereocenters. The van der Waals surface area contributed by atoms with Crippen LogP contribution in [0.3, 0.4) is 0 Å². The normalized spacial score (nSPS) is 15.7. The van der Waals surface area contributed by atoms with Gasteiger partial charge < -0.3 is 9.84 Å². The molecule has 38 heavy (non-hydrogen) atoms. The number of halogens is 5. The summed E-state index contributed by atoms with van der Waals surface area (Å²) in [5, 5.41) is 6.18. The van der Waals surface area contributed by atoms with Crippen LogP contribution in [-0.2, 0) is 21.0 Å². The largest absolute Gasteiger partial charge is 0.416 e. The molecule has 0 saturated carbocycles. The molecule has 0 radical (unpaired) electrons. The molecule has 7 nitrogen and oxygen atoms in total. The summed E-state index contributed by atoms with van der Waals surface area (Å²) in [4.78, 5) is 12.4. The highest BCUT2D eigenvalue weighted by Crippen LogP contribution is 2.32. The lowest BCUT2D eigenvalue weighted by atomic mass is 9.97. The number of carbonyl (C=O) groups excluding carboxylic acids is 1. The van der Waals surface area contributed by atoms with Gasteiger partial charge in [-0.15, -0.1) is 0 Å². The van der Waals surface area contributed by atoms with E-state index in [4.69, 9.17) is 4.52 Å². The molecule has 0 bridgehead atoms. The minimum absolute atomic E-state index is 0.00556. The summed E-state index contributed by atoms with van der Waals surface area (Å²) in [5.41, 5.74) is -0.814. The van der Waals surface area contributed by atoms with E-state index in [-0.39, 0.29) is 53.5 Å². The van der Waals surface area contributed by atoms with Crippen molar-refractivity contribution in [3.63, 3.8) is 0 Å². The van der Waals surface area contributed by atoms with Gasteiger partial charge in [0.15, 0.2) is 10.7 Å². The first-order valence-corrected chi connectivity index (χ1v) is 12.9. The molecule has 0 atom stereocenters. The first-order valence-electron chi connectivity index (χ1n) is 11.4. The van der Waals surface area contributed by atoms with E-state index in [9.17, 15) is 35.2 Å². The molecule has 202 valence electrons. The Bertz CT molecular complexity index is 1480. The average molecular weight is 556 g/mol. The lowest BCUT2D eigenvalue weighted by molar-refractivity contribution is -0.137. The summed E-state index contributed by atoms with van der Waals surface area (Å²) in [7, 11) is -4.12.